The summed E-state index contributed by atoms with van der Waals surface area (Å²) in [7, 11) is 0. The summed E-state index contributed by atoms with van der Waals surface area (Å²) in [5.41, 5.74) is 2.27. The zero-order valence-electron chi connectivity index (χ0n) is 18.1. The Balaban J connectivity index is 0.000000199. The van der Waals surface area contributed by atoms with Gasteiger partial charge in [0.15, 0.2) is 0 Å². The van der Waals surface area contributed by atoms with Gasteiger partial charge in [-0.2, -0.15) is 0 Å². The van der Waals surface area contributed by atoms with Crippen LogP contribution in [0.4, 0.5) is 0 Å². The fourth-order valence-corrected chi connectivity index (χ4v) is 3.41. The predicted molar refractivity (Wildman–Crippen MR) is 120 cm³/mol. The van der Waals surface area contributed by atoms with Crippen molar-refractivity contribution >= 4 is 30.0 Å². The lowest BCUT2D eigenvalue weighted by molar-refractivity contribution is -0.154. The molecule has 166 valence electrons. The number of carbonyl (C=O) groups is 4. The van der Waals surface area contributed by atoms with Crippen molar-refractivity contribution in [3.63, 3.8) is 0 Å². The third-order valence-corrected chi connectivity index (χ3v) is 5.08. The number of esters is 4. The van der Waals surface area contributed by atoms with Gasteiger partial charge < -0.3 is 9.47 Å². The lowest BCUT2D eigenvalue weighted by Gasteiger charge is -2.21. The Kier molecular flexibility index (Phi) is 9.29. The molecule has 3 atom stereocenters. The maximum atomic E-state index is 11.7. The van der Waals surface area contributed by atoms with Crippen molar-refractivity contribution in [2.45, 2.75) is 26.2 Å². The summed E-state index contributed by atoms with van der Waals surface area (Å²) in [5, 5.41) is 0. The maximum Gasteiger partial charge on any atom is 0.338 e. The SMILES string of the molecule is C=Cc1ccccc1.CCC(c1ccccc1)C1C(=O)OC(=O)C1C.O=C1C=CC(=O)O1. The fraction of sp³-hybridized carbons (Fsp3) is 0.231. The highest BCUT2D eigenvalue weighted by atomic mass is 16.6. The van der Waals surface area contributed by atoms with Crippen LogP contribution in [0.25, 0.3) is 6.08 Å². The van der Waals surface area contributed by atoms with E-state index in [0.29, 0.717) is 0 Å². The van der Waals surface area contributed by atoms with E-state index in [2.05, 4.69) is 11.3 Å². The highest BCUT2D eigenvalue weighted by Crippen LogP contribution is 2.38. The second-order valence-electron chi connectivity index (χ2n) is 7.17. The molecule has 2 aromatic carbocycles. The first-order valence-electron chi connectivity index (χ1n) is 10.3. The van der Waals surface area contributed by atoms with Crippen molar-refractivity contribution in [1.82, 2.24) is 0 Å². The molecule has 0 N–H and O–H groups in total. The van der Waals surface area contributed by atoms with Crippen LogP contribution in [0, 0.1) is 11.8 Å². The van der Waals surface area contributed by atoms with E-state index in [1.54, 1.807) is 6.92 Å². The summed E-state index contributed by atoms with van der Waals surface area (Å²) in [6.07, 6.45) is 4.83. The Labute approximate surface area is 187 Å². The summed E-state index contributed by atoms with van der Waals surface area (Å²) < 4.78 is 8.68. The van der Waals surface area contributed by atoms with Crippen LogP contribution in [-0.2, 0) is 28.7 Å². The van der Waals surface area contributed by atoms with Gasteiger partial charge in [0, 0.05) is 12.2 Å². The van der Waals surface area contributed by atoms with Gasteiger partial charge in [-0.3, -0.25) is 9.59 Å². The largest absolute Gasteiger partial charge is 0.393 e. The van der Waals surface area contributed by atoms with Crippen molar-refractivity contribution in [1.29, 1.82) is 0 Å². The molecule has 1 fully saturated rings. The molecule has 2 aliphatic heterocycles. The Bertz CT molecular complexity index is 962. The third kappa shape index (κ3) is 6.87. The average Bonchev–Trinajstić information content (AvgIpc) is 3.31. The van der Waals surface area contributed by atoms with Gasteiger partial charge in [0.2, 0.25) is 0 Å². The van der Waals surface area contributed by atoms with Gasteiger partial charge in [-0.15, -0.1) is 0 Å². The van der Waals surface area contributed by atoms with Gasteiger partial charge in [-0.25, -0.2) is 9.59 Å². The molecule has 0 amide bonds. The average molecular weight is 434 g/mol. The second kappa shape index (κ2) is 12.2. The van der Waals surface area contributed by atoms with E-state index in [0.717, 1.165) is 24.1 Å². The second-order valence-corrected chi connectivity index (χ2v) is 7.17. The van der Waals surface area contributed by atoms with Gasteiger partial charge in [-0.1, -0.05) is 87.2 Å². The van der Waals surface area contributed by atoms with Crippen molar-refractivity contribution in [2.75, 3.05) is 0 Å². The Morgan fingerprint density at radius 2 is 1.38 bits per heavy atom. The number of benzene rings is 2. The Morgan fingerprint density at radius 3 is 1.72 bits per heavy atom. The van der Waals surface area contributed by atoms with Crippen LogP contribution in [0.3, 0.4) is 0 Å². The van der Waals surface area contributed by atoms with Crippen molar-refractivity contribution in [3.05, 3.63) is 90.5 Å². The molecule has 3 unspecified atom stereocenters. The smallest absolute Gasteiger partial charge is 0.338 e. The molecule has 32 heavy (non-hydrogen) atoms. The fourth-order valence-electron chi connectivity index (χ4n) is 3.41. The van der Waals surface area contributed by atoms with Gasteiger partial charge >= 0.3 is 23.9 Å². The topological polar surface area (TPSA) is 86.7 Å². The highest BCUT2D eigenvalue weighted by Gasteiger charge is 2.45. The van der Waals surface area contributed by atoms with Crippen molar-refractivity contribution in [2.24, 2.45) is 11.8 Å². The molecule has 2 aromatic rings. The van der Waals surface area contributed by atoms with E-state index in [-0.39, 0.29) is 23.7 Å². The molecule has 0 spiro atoms. The minimum absolute atomic E-state index is 0.0603. The van der Waals surface area contributed by atoms with E-state index in [4.69, 9.17) is 4.74 Å². The molecule has 6 heteroatoms. The molecular formula is C26H26O6. The lowest BCUT2D eigenvalue weighted by atomic mass is 9.78. The van der Waals surface area contributed by atoms with Crippen LogP contribution in [-0.4, -0.2) is 23.9 Å². The number of hydrogen-bond acceptors (Lipinski definition) is 6. The first kappa shape index (κ1) is 24.5. The van der Waals surface area contributed by atoms with Gasteiger partial charge in [0.1, 0.15) is 0 Å². The molecular weight excluding hydrogens is 408 g/mol. The first-order valence-corrected chi connectivity index (χ1v) is 10.3. The minimum Gasteiger partial charge on any atom is -0.393 e. The highest BCUT2D eigenvalue weighted by molar-refractivity contribution is 6.04. The third-order valence-electron chi connectivity index (χ3n) is 5.08. The number of cyclic esters (lactones) is 4. The summed E-state index contributed by atoms with van der Waals surface area (Å²) in [4.78, 5) is 43.0. The maximum absolute atomic E-state index is 11.7. The number of carbonyl (C=O) groups excluding carboxylic acids is 4. The standard InChI is InChI=1S/C14H16O3.C8H8.C4H2O3/c1-3-11(10-7-5-4-6-8-10)12-9(2)13(15)17-14(12)16;1-2-8-6-4-3-5-7-8;5-3-1-2-4(6)7-3/h4-9,11-12H,3H2,1-2H3;2-7H,1H2;1-2H. The number of ether oxygens (including phenoxy) is 2. The van der Waals surface area contributed by atoms with Crippen LogP contribution < -0.4 is 0 Å². The van der Waals surface area contributed by atoms with Crippen LogP contribution in [0.5, 0.6) is 0 Å². The minimum atomic E-state index is -0.579. The quantitative estimate of drug-likeness (QED) is 0.521. The summed E-state index contributed by atoms with van der Waals surface area (Å²) in [5.74, 6) is -2.55. The summed E-state index contributed by atoms with van der Waals surface area (Å²) in [6.45, 7) is 7.43. The lowest BCUT2D eigenvalue weighted by Crippen LogP contribution is -2.22. The number of hydrogen-bond donors (Lipinski definition) is 0. The van der Waals surface area contributed by atoms with E-state index in [1.165, 1.54) is 5.56 Å². The molecule has 0 bridgehead atoms. The number of rotatable bonds is 4. The zero-order valence-corrected chi connectivity index (χ0v) is 18.1. The normalized spacial score (nSPS) is 19.7. The van der Waals surface area contributed by atoms with Crippen molar-refractivity contribution < 1.29 is 28.7 Å². The van der Waals surface area contributed by atoms with Gasteiger partial charge in [0.25, 0.3) is 0 Å². The van der Waals surface area contributed by atoms with Crippen LogP contribution in [0.2, 0.25) is 0 Å². The van der Waals surface area contributed by atoms with E-state index in [9.17, 15) is 19.2 Å². The molecule has 1 saturated heterocycles. The molecule has 0 saturated carbocycles. The van der Waals surface area contributed by atoms with Gasteiger partial charge in [0.05, 0.1) is 11.8 Å². The van der Waals surface area contributed by atoms with E-state index < -0.39 is 17.9 Å². The molecule has 2 aliphatic rings. The van der Waals surface area contributed by atoms with Crippen LogP contribution >= 0.6 is 0 Å². The Hall–Kier alpha value is -3.80. The summed E-state index contributed by atoms with van der Waals surface area (Å²) >= 11 is 0. The monoisotopic (exact) mass is 434 g/mol. The Morgan fingerprint density at radius 1 is 0.844 bits per heavy atom. The molecule has 0 aromatic heterocycles. The van der Waals surface area contributed by atoms with Crippen LogP contribution in [0.15, 0.2) is 79.4 Å². The predicted octanol–water partition coefficient (Wildman–Crippen LogP) is 4.47. The van der Waals surface area contributed by atoms with Crippen molar-refractivity contribution in [3.8, 4) is 0 Å². The van der Waals surface area contributed by atoms with E-state index in [1.807, 2.05) is 73.7 Å². The molecule has 2 heterocycles. The van der Waals surface area contributed by atoms with E-state index >= 15 is 0 Å². The molecule has 4 rings (SSSR count). The molecule has 0 aliphatic carbocycles. The van der Waals surface area contributed by atoms with Gasteiger partial charge in [-0.05, 0) is 23.5 Å². The first-order chi connectivity index (χ1) is 15.4. The molecule has 6 nitrogen and oxygen atoms in total. The molecule has 0 radical (unpaired) electrons. The summed E-state index contributed by atoms with van der Waals surface area (Å²) in [6, 6.07) is 19.9. The zero-order chi connectivity index (χ0) is 23.5. The van der Waals surface area contributed by atoms with Crippen LogP contribution in [0.1, 0.15) is 37.3 Å².